The molecule has 0 spiro atoms. The second kappa shape index (κ2) is 4.70. The molecule has 19 heavy (non-hydrogen) atoms. The Morgan fingerprint density at radius 3 is 3.11 bits per heavy atom. The first kappa shape index (κ1) is 12.2. The molecule has 1 aromatic heterocycles. The number of carboxylic acids is 1. The summed E-state index contributed by atoms with van der Waals surface area (Å²) in [6, 6.07) is 2.29. The minimum atomic E-state index is -1.02. The number of nitrogens with zero attached hydrogens (tertiary/aromatic N) is 2. The highest BCUT2D eigenvalue weighted by atomic mass is 16.4. The maximum Gasteiger partial charge on any atom is 0.337 e. The lowest BCUT2D eigenvalue weighted by Crippen LogP contribution is -2.34. The van der Waals surface area contributed by atoms with Gasteiger partial charge in [-0.25, -0.2) is 9.78 Å². The van der Waals surface area contributed by atoms with E-state index in [0.29, 0.717) is 17.9 Å². The highest BCUT2D eigenvalue weighted by molar-refractivity contribution is 5.96. The van der Waals surface area contributed by atoms with E-state index in [1.807, 2.05) is 0 Å². The summed E-state index contributed by atoms with van der Waals surface area (Å²) in [5.74, 6) is -0.518. The highest BCUT2D eigenvalue weighted by Crippen LogP contribution is 2.31. The molecule has 0 aromatic carbocycles. The van der Waals surface area contributed by atoms with Gasteiger partial charge in [0.2, 0.25) is 0 Å². The Kier molecular flexibility index (Phi) is 3.02. The number of hydrogen-bond acceptors (Lipinski definition) is 5. The van der Waals surface area contributed by atoms with Crippen LogP contribution in [0, 0.1) is 0 Å². The van der Waals surface area contributed by atoms with Crippen LogP contribution in [-0.4, -0.2) is 46.1 Å². The van der Waals surface area contributed by atoms with E-state index >= 15 is 0 Å². The topological polar surface area (TPSA) is 91.5 Å². The summed E-state index contributed by atoms with van der Waals surface area (Å²) in [6.45, 7) is 2.27. The van der Waals surface area contributed by atoms with Gasteiger partial charge in [-0.3, -0.25) is 4.90 Å². The number of nitrogens with two attached hydrogens (primary N) is 1. The molecule has 4 N–H and O–H groups in total. The summed E-state index contributed by atoms with van der Waals surface area (Å²) in [5, 5.41) is 12.4. The van der Waals surface area contributed by atoms with E-state index in [4.69, 9.17) is 10.8 Å². The fraction of sp³-hybridized carbons (Fsp3) is 0.538. The number of nitrogens with one attached hydrogen (secondary N) is 1. The first-order valence-corrected chi connectivity index (χ1v) is 6.65. The zero-order valence-corrected chi connectivity index (χ0v) is 10.7. The van der Waals surface area contributed by atoms with Gasteiger partial charge in [-0.15, -0.1) is 0 Å². The molecule has 6 nitrogen and oxygen atoms in total. The molecule has 0 radical (unpaired) electrons. The molecule has 0 saturated carbocycles. The van der Waals surface area contributed by atoms with Crippen molar-refractivity contribution in [3.8, 4) is 0 Å². The van der Waals surface area contributed by atoms with Gasteiger partial charge in [0.1, 0.15) is 5.82 Å². The van der Waals surface area contributed by atoms with Gasteiger partial charge in [-0.2, -0.15) is 0 Å². The summed E-state index contributed by atoms with van der Waals surface area (Å²) < 4.78 is 0. The normalized spacial score (nSPS) is 26.3. The predicted octanol–water partition coefficient (Wildman–Crippen LogP) is 1.01. The molecule has 0 bridgehead atoms. The lowest BCUT2D eigenvalue weighted by molar-refractivity contribution is 0.0698. The molecule has 0 aliphatic carbocycles. The number of pyridine rings is 1. The van der Waals surface area contributed by atoms with E-state index in [1.54, 1.807) is 0 Å². The smallest absolute Gasteiger partial charge is 0.337 e. The van der Waals surface area contributed by atoms with Crippen molar-refractivity contribution in [2.75, 3.05) is 24.1 Å². The van der Waals surface area contributed by atoms with Crippen molar-refractivity contribution in [2.24, 2.45) is 0 Å². The number of carboxylic acid groups (broad SMARTS) is 1. The third-order valence-electron chi connectivity index (χ3n) is 4.15. The number of fused-ring (bicyclic) bond motifs is 1. The van der Waals surface area contributed by atoms with Crippen molar-refractivity contribution >= 4 is 17.5 Å². The van der Waals surface area contributed by atoms with E-state index in [0.717, 1.165) is 13.0 Å². The van der Waals surface area contributed by atoms with Gasteiger partial charge in [0, 0.05) is 24.8 Å². The minimum Gasteiger partial charge on any atom is -0.478 e. The summed E-state index contributed by atoms with van der Waals surface area (Å²) in [4.78, 5) is 17.7. The van der Waals surface area contributed by atoms with Crippen molar-refractivity contribution in [3.05, 3.63) is 17.8 Å². The second-order valence-electron chi connectivity index (χ2n) is 5.21. The quantitative estimate of drug-likeness (QED) is 0.753. The molecular weight excluding hydrogens is 244 g/mol. The van der Waals surface area contributed by atoms with Crippen LogP contribution in [0.3, 0.4) is 0 Å². The largest absolute Gasteiger partial charge is 0.478 e. The van der Waals surface area contributed by atoms with Crippen LogP contribution in [0.4, 0.5) is 11.5 Å². The zero-order valence-electron chi connectivity index (χ0n) is 10.7. The number of carbonyl (C=O) groups is 1. The Bertz CT molecular complexity index is 505. The lowest BCUT2D eigenvalue weighted by Gasteiger charge is -2.22. The van der Waals surface area contributed by atoms with Crippen molar-refractivity contribution in [3.63, 3.8) is 0 Å². The van der Waals surface area contributed by atoms with Crippen molar-refractivity contribution < 1.29 is 9.90 Å². The molecule has 3 heterocycles. The summed E-state index contributed by atoms with van der Waals surface area (Å²) in [7, 11) is 0. The number of aromatic carboxylic acids is 1. The molecular formula is C13H18N4O2. The molecule has 1 aromatic rings. The maximum absolute atomic E-state index is 11.0. The third kappa shape index (κ3) is 2.12. The van der Waals surface area contributed by atoms with Gasteiger partial charge >= 0.3 is 5.97 Å². The Morgan fingerprint density at radius 2 is 2.32 bits per heavy atom. The van der Waals surface area contributed by atoms with E-state index < -0.39 is 5.97 Å². The molecule has 3 rings (SSSR count). The molecule has 102 valence electrons. The van der Waals surface area contributed by atoms with Crippen LogP contribution in [0.5, 0.6) is 0 Å². The van der Waals surface area contributed by atoms with E-state index in [1.165, 1.54) is 31.6 Å². The van der Waals surface area contributed by atoms with E-state index in [2.05, 4.69) is 15.2 Å². The molecule has 2 aliphatic rings. The Hall–Kier alpha value is -1.82. The monoisotopic (exact) mass is 262 g/mol. The summed E-state index contributed by atoms with van der Waals surface area (Å²) in [6.07, 6.45) is 4.98. The number of hydrogen-bond donors (Lipinski definition) is 3. The van der Waals surface area contributed by atoms with E-state index in [9.17, 15) is 4.79 Å². The Labute approximate surface area is 111 Å². The fourth-order valence-electron chi connectivity index (χ4n) is 3.20. The second-order valence-corrected chi connectivity index (χ2v) is 5.21. The lowest BCUT2D eigenvalue weighted by atomic mass is 10.1. The average Bonchev–Trinajstić information content (AvgIpc) is 2.96. The average molecular weight is 262 g/mol. The number of anilines is 2. The first-order valence-electron chi connectivity index (χ1n) is 6.65. The number of rotatable bonds is 3. The molecule has 2 fully saturated rings. The molecule has 0 amide bonds. The molecule has 2 aliphatic heterocycles. The van der Waals surface area contributed by atoms with Crippen LogP contribution in [0.2, 0.25) is 0 Å². The van der Waals surface area contributed by atoms with Crippen LogP contribution in [-0.2, 0) is 0 Å². The Morgan fingerprint density at radius 1 is 1.47 bits per heavy atom. The Balaban J connectivity index is 1.80. The van der Waals surface area contributed by atoms with Crippen LogP contribution in [0.1, 0.15) is 29.6 Å². The van der Waals surface area contributed by atoms with Crippen molar-refractivity contribution in [1.29, 1.82) is 0 Å². The molecule has 2 atom stereocenters. The van der Waals surface area contributed by atoms with Gasteiger partial charge < -0.3 is 16.2 Å². The zero-order chi connectivity index (χ0) is 13.4. The van der Waals surface area contributed by atoms with Crippen LogP contribution < -0.4 is 11.1 Å². The maximum atomic E-state index is 11.0. The first-order chi connectivity index (χ1) is 9.16. The van der Waals surface area contributed by atoms with Crippen LogP contribution in [0.15, 0.2) is 12.3 Å². The summed E-state index contributed by atoms with van der Waals surface area (Å²) in [5.41, 5.74) is 6.22. The van der Waals surface area contributed by atoms with Gasteiger partial charge in [0.05, 0.1) is 11.3 Å². The van der Waals surface area contributed by atoms with Crippen LogP contribution >= 0.6 is 0 Å². The van der Waals surface area contributed by atoms with Crippen molar-refractivity contribution in [1.82, 2.24) is 9.88 Å². The minimum absolute atomic E-state index is 0.110. The van der Waals surface area contributed by atoms with Gasteiger partial charge in [0.15, 0.2) is 0 Å². The molecule has 2 saturated heterocycles. The summed E-state index contributed by atoms with van der Waals surface area (Å²) >= 11 is 0. The molecule has 6 heteroatoms. The van der Waals surface area contributed by atoms with Crippen LogP contribution in [0.25, 0.3) is 0 Å². The van der Waals surface area contributed by atoms with Gasteiger partial charge in [-0.1, -0.05) is 0 Å². The predicted molar refractivity (Wildman–Crippen MR) is 72.2 cm³/mol. The number of aromatic nitrogens is 1. The van der Waals surface area contributed by atoms with E-state index in [-0.39, 0.29) is 11.3 Å². The highest BCUT2D eigenvalue weighted by Gasteiger charge is 2.37. The van der Waals surface area contributed by atoms with Crippen molar-refractivity contribution in [2.45, 2.75) is 31.3 Å². The standard InChI is InChI=1S/C13H18N4O2/c14-11-8(13(18)19)3-5-15-12(11)16-9-4-7-17-6-1-2-10(9)17/h3,5,9-10H,1-2,4,6-7,14H2,(H,15,16)(H,18,19). The molecule has 2 unspecified atom stereocenters. The third-order valence-corrected chi connectivity index (χ3v) is 4.15. The van der Waals surface area contributed by atoms with Gasteiger partial charge in [0.25, 0.3) is 0 Å². The SMILES string of the molecule is Nc1c(C(=O)O)ccnc1NC1CCN2CCCC12. The fourth-order valence-corrected chi connectivity index (χ4v) is 3.20. The van der Waals surface area contributed by atoms with Gasteiger partial charge in [-0.05, 0) is 31.9 Å². The number of nitrogen functional groups attached to an aromatic ring is 1.